The maximum atomic E-state index is 5.59. The molecule has 1 rings (SSSR count). The SMILES string of the molecule is COCC(CN)OCC1CCOC1. The Kier molecular flexibility index (Phi) is 5.31. The molecule has 1 heterocycles. The Labute approximate surface area is 79.3 Å². The van der Waals surface area contributed by atoms with Gasteiger partial charge in [-0.3, -0.25) is 0 Å². The highest BCUT2D eigenvalue weighted by Crippen LogP contribution is 2.12. The molecular weight excluding hydrogens is 170 g/mol. The van der Waals surface area contributed by atoms with Gasteiger partial charge in [0.15, 0.2) is 0 Å². The van der Waals surface area contributed by atoms with Gasteiger partial charge in [-0.1, -0.05) is 0 Å². The molecule has 1 saturated heterocycles. The molecule has 0 bridgehead atoms. The van der Waals surface area contributed by atoms with E-state index in [1.807, 2.05) is 0 Å². The molecule has 0 aliphatic carbocycles. The summed E-state index contributed by atoms with van der Waals surface area (Å²) >= 11 is 0. The van der Waals surface area contributed by atoms with Crippen LogP contribution in [0.25, 0.3) is 0 Å². The van der Waals surface area contributed by atoms with Crippen LogP contribution in [0.4, 0.5) is 0 Å². The lowest BCUT2D eigenvalue weighted by Gasteiger charge is -2.16. The summed E-state index contributed by atoms with van der Waals surface area (Å²) in [6.45, 7) is 3.52. The molecule has 0 aromatic rings. The van der Waals surface area contributed by atoms with Crippen LogP contribution in [0.3, 0.4) is 0 Å². The largest absolute Gasteiger partial charge is 0.382 e. The van der Waals surface area contributed by atoms with Crippen molar-refractivity contribution in [3.63, 3.8) is 0 Å². The van der Waals surface area contributed by atoms with Crippen LogP contribution < -0.4 is 5.73 Å². The molecule has 1 fully saturated rings. The highest BCUT2D eigenvalue weighted by Gasteiger charge is 2.17. The summed E-state index contributed by atoms with van der Waals surface area (Å²) < 4.78 is 15.8. The Bertz CT molecular complexity index is 126. The highest BCUT2D eigenvalue weighted by molar-refractivity contribution is 4.65. The van der Waals surface area contributed by atoms with Crippen molar-refractivity contribution in [3.05, 3.63) is 0 Å². The molecule has 1 aliphatic rings. The Morgan fingerprint density at radius 1 is 1.62 bits per heavy atom. The molecule has 0 aromatic heterocycles. The van der Waals surface area contributed by atoms with Crippen molar-refractivity contribution in [2.24, 2.45) is 11.7 Å². The van der Waals surface area contributed by atoms with Crippen LogP contribution in [0, 0.1) is 5.92 Å². The summed E-state index contributed by atoms with van der Waals surface area (Å²) in [5, 5.41) is 0. The summed E-state index contributed by atoms with van der Waals surface area (Å²) in [7, 11) is 1.66. The molecule has 2 unspecified atom stereocenters. The van der Waals surface area contributed by atoms with Crippen molar-refractivity contribution >= 4 is 0 Å². The van der Waals surface area contributed by atoms with Gasteiger partial charge in [0.1, 0.15) is 0 Å². The summed E-state index contributed by atoms with van der Waals surface area (Å²) in [5.74, 6) is 0.547. The third-order valence-corrected chi connectivity index (χ3v) is 2.21. The van der Waals surface area contributed by atoms with Crippen molar-refractivity contribution in [3.8, 4) is 0 Å². The first kappa shape index (κ1) is 10.9. The number of methoxy groups -OCH3 is 1. The highest BCUT2D eigenvalue weighted by atomic mass is 16.5. The molecule has 0 amide bonds. The van der Waals surface area contributed by atoms with E-state index in [-0.39, 0.29) is 6.10 Å². The van der Waals surface area contributed by atoms with E-state index in [2.05, 4.69) is 0 Å². The zero-order valence-electron chi connectivity index (χ0n) is 8.20. The number of rotatable bonds is 6. The lowest BCUT2D eigenvalue weighted by Crippen LogP contribution is -2.30. The van der Waals surface area contributed by atoms with E-state index in [0.717, 1.165) is 26.2 Å². The molecule has 4 nitrogen and oxygen atoms in total. The standard InChI is InChI=1S/C9H19NO3/c1-11-7-9(4-10)13-6-8-2-3-12-5-8/h8-9H,2-7,10H2,1H3. The second-order valence-corrected chi connectivity index (χ2v) is 3.38. The minimum Gasteiger partial charge on any atom is -0.382 e. The first-order chi connectivity index (χ1) is 6.36. The van der Waals surface area contributed by atoms with E-state index in [0.29, 0.717) is 19.1 Å². The molecule has 1 aliphatic heterocycles. The third kappa shape index (κ3) is 4.04. The smallest absolute Gasteiger partial charge is 0.0930 e. The topological polar surface area (TPSA) is 53.7 Å². The molecule has 0 aromatic carbocycles. The quantitative estimate of drug-likeness (QED) is 0.639. The number of nitrogens with two attached hydrogens (primary N) is 1. The monoisotopic (exact) mass is 189 g/mol. The first-order valence-electron chi connectivity index (χ1n) is 4.75. The van der Waals surface area contributed by atoms with Gasteiger partial charge in [0.2, 0.25) is 0 Å². The van der Waals surface area contributed by atoms with Crippen LogP contribution in [0.2, 0.25) is 0 Å². The number of ether oxygens (including phenoxy) is 3. The molecule has 0 radical (unpaired) electrons. The van der Waals surface area contributed by atoms with Gasteiger partial charge in [-0.05, 0) is 6.42 Å². The molecule has 0 spiro atoms. The van der Waals surface area contributed by atoms with E-state index in [1.54, 1.807) is 7.11 Å². The van der Waals surface area contributed by atoms with E-state index in [1.165, 1.54) is 0 Å². The predicted octanol–water partition coefficient (Wildman–Crippen LogP) is 0.0132. The van der Waals surface area contributed by atoms with Gasteiger partial charge in [0.05, 0.1) is 25.9 Å². The first-order valence-corrected chi connectivity index (χ1v) is 4.75. The van der Waals surface area contributed by atoms with Crippen LogP contribution in [0.1, 0.15) is 6.42 Å². The van der Waals surface area contributed by atoms with Gasteiger partial charge in [-0.2, -0.15) is 0 Å². The lowest BCUT2D eigenvalue weighted by atomic mass is 10.1. The van der Waals surface area contributed by atoms with E-state index in [9.17, 15) is 0 Å². The average Bonchev–Trinajstić information content (AvgIpc) is 2.64. The van der Waals surface area contributed by atoms with Gasteiger partial charge in [0, 0.05) is 26.2 Å². The fraction of sp³-hybridized carbons (Fsp3) is 1.00. The maximum Gasteiger partial charge on any atom is 0.0930 e. The van der Waals surface area contributed by atoms with E-state index in [4.69, 9.17) is 19.9 Å². The molecule has 2 atom stereocenters. The van der Waals surface area contributed by atoms with Crippen LogP contribution in [-0.2, 0) is 14.2 Å². The summed E-state index contributed by atoms with van der Waals surface area (Å²) in [6, 6.07) is 0. The number of hydrogen-bond donors (Lipinski definition) is 1. The van der Waals surface area contributed by atoms with Gasteiger partial charge in [0.25, 0.3) is 0 Å². The molecule has 2 N–H and O–H groups in total. The van der Waals surface area contributed by atoms with Crippen LogP contribution in [-0.4, -0.2) is 46.2 Å². The summed E-state index contributed by atoms with van der Waals surface area (Å²) in [6.07, 6.45) is 1.13. The van der Waals surface area contributed by atoms with Gasteiger partial charge < -0.3 is 19.9 Å². The zero-order valence-corrected chi connectivity index (χ0v) is 8.20. The second-order valence-electron chi connectivity index (χ2n) is 3.38. The molecule has 4 heteroatoms. The number of hydrogen-bond acceptors (Lipinski definition) is 4. The Morgan fingerprint density at radius 2 is 2.46 bits per heavy atom. The molecule has 13 heavy (non-hydrogen) atoms. The van der Waals surface area contributed by atoms with Crippen LogP contribution in [0.15, 0.2) is 0 Å². The van der Waals surface area contributed by atoms with E-state index >= 15 is 0 Å². The fourth-order valence-electron chi connectivity index (χ4n) is 1.36. The minimum atomic E-state index is 0.0330. The third-order valence-electron chi connectivity index (χ3n) is 2.21. The van der Waals surface area contributed by atoms with Gasteiger partial charge in [-0.25, -0.2) is 0 Å². The Hall–Kier alpha value is -0.160. The molecule has 0 saturated carbocycles. The molecular formula is C9H19NO3. The van der Waals surface area contributed by atoms with Gasteiger partial charge >= 0.3 is 0 Å². The lowest BCUT2D eigenvalue weighted by molar-refractivity contribution is -0.0128. The second kappa shape index (κ2) is 6.32. The van der Waals surface area contributed by atoms with Gasteiger partial charge in [-0.15, -0.1) is 0 Å². The van der Waals surface area contributed by atoms with Crippen molar-refractivity contribution in [2.75, 3.05) is 40.1 Å². The average molecular weight is 189 g/mol. The molecule has 78 valence electrons. The Morgan fingerprint density at radius 3 is 3.00 bits per heavy atom. The summed E-state index contributed by atoms with van der Waals surface area (Å²) in [5.41, 5.74) is 5.51. The van der Waals surface area contributed by atoms with Crippen molar-refractivity contribution in [1.29, 1.82) is 0 Å². The normalized spacial score (nSPS) is 24.9. The summed E-state index contributed by atoms with van der Waals surface area (Å²) in [4.78, 5) is 0. The van der Waals surface area contributed by atoms with Crippen molar-refractivity contribution < 1.29 is 14.2 Å². The minimum absolute atomic E-state index is 0.0330. The predicted molar refractivity (Wildman–Crippen MR) is 49.6 cm³/mol. The van der Waals surface area contributed by atoms with Crippen LogP contribution >= 0.6 is 0 Å². The fourth-order valence-corrected chi connectivity index (χ4v) is 1.36. The van der Waals surface area contributed by atoms with Crippen molar-refractivity contribution in [1.82, 2.24) is 0 Å². The maximum absolute atomic E-state index is 5.59. The van der Waals surface area contributed by atoms with Crippen LogP contribution in [0.5, 0.6) is 0 Å². The van der Waals surface area contributed by atoms with E-state index < -0.39 is 0 Å². The van der Waals surface area contributed by atoms with Crippen molar-refractivity contribution in [2.45, 2.75) is 12.5 Å². The zero-order chi connectivity index (χ0) is 9.52. The Balaban J connectivity index is 2.07.